The molecular formula is C13H24N2O2. The molecule has 4 heteroatoms. The summed E-state index contributed by atoms with van der Waals surface area (Å²) in [5, 5.41) is 12.7. The Morgan fingerprint density at radius 3 is 2.65 bits per heavy atom. The summed E-state index contributed by atoms with van der Waals surface area (Å²) in [6.45, 7) is 2.87. The van der Waals surface area contributed by atoms with Crippen molar-refractivity contribution in [2.75, 3.05) is 13.6 Å². The number of hydrogen-bond donors (Lipinski definition) is 2. The molecule has 0 radical (unpaired) electrons. The van der Waals surface area contributed by atoms with Gasteiger partial charge in [-0.25, -0.2) is 0 Å². The van der Waals surface area contributed by atoms with Gasteiger partial charge in [0.2, 0.25) is 0 Å². The van der Waals surface area contributed by atoms with E-state index in [0.29, 0.717) is 6.04 Å². The average molecular weight is 240 g/mol. The van der Waals surface area contributed by atoms with E-state index in [0.717, 1.165) is 38.3 Å². The average Bonchev–Trinajstić information content (AvgIpc) is 3.06. The predicted octanol–water partition coefficient (Wildman–Crippen LogP) is 1.46. The molecule has 0 saturated heterocycles. The zero-order valence-electron chi connectivity index (χ0n) is 10.9. The molecule has 4 nitrogen and oxygen atoms in total. The number of carboxylic acids is 1. The normalized spacial score (nSPS) is 33.2. The highest BCUT2D eigenvalue weighted by Crippen LogP contribution is 2.37. The van der Waals surface area contributed by atoms with Crippen molar-refractivity contribution < 1.29 is 9.90 Å². The lowest BCUT2D eigenvalue weighted by molar-refractivity contribution is -0.144. The highest BCUT2D eigenvalue weighted by atomic mass is 16.4. The van der Waals surface area contributed by atoms with Crippen LogP contribution in [0, 0.1) is 0 Å². The lowest BCUT2D eigenvalue weighted by Crippen LogP contribution is -2.51. The molecule has 0 aromatic carbocycles. The van der Waals surface area contributed by atoms with Gasteiger partial charge in [0.15, 0.2) is 0 Å². The predicted molar refractivity (Wildman–Crippen MR) is 67.1 cm³/mol. The summed E-state index contributed by atoms with van der Waals surface area (Å²) >= 11 is 0. The smallest absolute Gasteiger partial charge is 0.323 e. The topological polar surface area (TPSA) is 52.6 Å². The second-order valence-electron chi connectivity index (χ2n) is 5.61. The number of rotatable bonds is 6. The van der Waals surface area contributed by atoms with E-state index in [1.54, 1.807) is 0 Å². The molecule has 0 spiro atoms. The van der Waals surface area contributed by atoms with Gasteiger partial charge < -0.3 is 15.3 Å². The molecule has 2 rings (SSSR count). The minimum atomic E-state index is -0.669. The van der Waals surface area contributed by atoms with Crippen molar-refractivity contribution in [2.45, 2.75) is 63.1 Å². The van der Waals surface area contributed by atoms with Crippen LogP contribution in [0.4, 0.5) is 0 Å². The van der Waals surface area contributed by atoms with E-state index in [4.69, 9.17) is 0 Å². The second kappa shape index (κ2) is 4.94. The SMILES string of the molecule is CCCNC1(C(=O)O)CCC(N(C)C2CC2)C1. The molecule has 0 heterocycles. The number of carboxylic acid groups (broad SMARTS) is 1. The van der Waals surface area contributed by atoms with E-state index >= 15 is 0 Å². The zero-order chi connectivity index (χ0) is 12.5. The first-order valence-corrected chi connectivity index (χ1v) is 6.79. The molecule has 2 atom stereocenters. The molecule has 2 aliphatic carbocycles. The minimum absolute atomic E-state index is 0.447. The van der Waals surface area contributed by atoms with Crippen molar-refractivity contribution in [1.82, 2.24) is 10.2 Å². The van der Waals surface area contributed by atoms with Gasteiger partial charge in [0, 0.05) is 12.1 Å². The van der Waals surface area contributed by atoms with Crippen molar-refractivity contribution in [3.8, 4) is 0 Å². The number of hydrogen-bond acceptors (Lipinski definition) is 3. The molecule has 98 valence electrons. The minimum Gasteiger partial charge on any atom is -0.480 e. The Morgan fingerprint density at radius 2 is 2.12 bits per heavy atom. The number of nitrogens with zero attached hydrogens (tertiary/aromatic N) is 1. The fourth-order valence-electron chi connectivity index (χ4n) is 2.94. The van der Waals surface area contributed by atoms with Crippen LogP contribution in [0.15, 0.2) is 0 Å². The van der Waals surface area contributed by atoms with Crippen LogP contribution in [0.3, 0.4) is 0 Å². The Bertz CT molecular complexity index is 291. The quantitative estimate of drug-likeness (QED) is 0.738. The van der Waals surface area contributed by atoms with Crippen molar-refractivity contribution in [3.05, 3.63) is 0 Å². The molecule has 0 bridgehead atoms. The fraction of sp³-hybridized carbons (Fsp3) is 0.923. The van der Waals surface area contributed by atoms with Gasteiger partial charge >= 0.3 is 5.97 Å². The van der Waals surface area contributed by atoms with Gasteiger partial charge in [-0.3, -0.25) is 4.79 Å². The van der Waals surface area contributed by atoms with Crippen LogP contribution in [0.5, 0.6) is 0 Å². The van der Waals surface area contributed by atoms with Crippen molar-refractivity contribution in [1.29, 1.82) is 0 Å². The molecular weight excluding hydrogens is 216 g/mol. The van der Waals surface area contributed by atoms with E-state index in [9.17, 15) is 9.90 Å². The van der Waals surface area contributed by atoms with Gasteiger partial charge in [0.05, 0.1) is 0 Å². The van der Waals surface area contributed by atoms with E-state index < -0.39 is 11.5 Å². The Balaban J connectivity index is 1.97. The highest BCUT2D eigenvalue weighted by molar-refractivity contribution is 5.79. The number of aliphatic carboxylic acids is 1. The fourth-order valence-corrected chi connectivity index (χ4v) is 2.94. The maximum absolute atomic E-state index is 11.5. The maximum Gasteiger partial charge on any atom is 0.323 e. The summed E-state index contributed by atoms with van der Waals surface area (Å²) in [6, 6.07) is 1.17. The van der Waals surface area contributed by atoms with Gasteiger partial charge in [-0.15, -0.1) is 0 Å². The van der Waals surface area contributed by atoms with Crippen LogP contribution in [-0.2, 0) is 4.79 Å². The van der Waals surface area contributed by atoms with Crippen LogP contribution in [0.1, 0.15) is 45.4 Å². The monoisotopic (exact) mass is 240 g/mol. The first-order valence-electron chi connectivity index (χ1n) is 6.79. The first kappa shape index (κ1) is 12.8. The first-order chi connectivity index (χ1) is 8.09. The van der Waals surface area contributed by atoms with E-state index in [1.807, 2.05) is 0 Å². The Labute approximate surface area is 103 Å². The summed E-state index contributed by atoms with van der Waals surface area (Å²) in [4.78, 5) is 13.9. The van der Waals surface area contributed by atoms with Gasteiger partial charge in [-0.1, -0.05) is 6.92 Å². The molecule has 0 aliphatic heterocycles. The third-order valence-corrected chi connectivity index (χ3v) is 4.31. The Hall–Kier alpha value is -0.610. The van der Waals surface area contributed by atoms with Crippen molar-refractivity contribution in [3.63, 3.8) is 0 Å². The summed E-state index contributed by atoms with van der Waals surface area (Å²) in [7, 11) is 2.15. The molecule has 0 aromatic heterocycles. The second-order valence-corrected chi connectivity index (χ2v) is 5.61. The molecule has 2 fully saturated rings. The maximum atomic E-state index is 11.5. The number of nitrogens with one attached hydrogen (secondary N) is 1. The van der Waals surface area contributed by atoms with Gasteiger partial charge in [0.1, 0.15) is 5.54 Å². The third kappa shape index (κ3) is 2.63. The van der Waals surface area contributed by atoms with E-state index in [2.05, 4.69) is 24.2 Å². The summed E-state index contributed by atoms with van der Waals surface area (Å²) in [5.74, 6) is -0.669. The molecule has 0 amide bonds. The third-order valence-electron chi connectivity index (χ3n) is 4.31. The summed E-state index contributed by atoms with van der Waals surface area (Å²) in [6.07, 6.45) is 6.10. The van der Waals surface area contributed by atoms with Gasteiger partial charge in [-0.05, 0) is 52.1 Å². The molecule has 2 aliphatic rings. The lowest BCUT2D eigenvalue weighted by atomic mass is 9.97. The standard InChI is InChI=1S/C13H24N2O2/c1-3-8-14-13(12(16)17)7-6-11(9-13)15(2)10-4-5-10/h10-11,14H,3-9H2,1-2H3,(H,16,17). The van der Waals surface area contributed by atoms with Crippen LogP contribution in [-0.4, -0.2) is 47.2 Å². The summed E-state index contributed by atoms with van der Waals surface area (Å²) in [5.41, 5.74) is -0.663. The lowest BCUT2D eigenvalue weighted by Gasteiger charge is -2.28. The molecule has 2 saturated carbocycles. The zero-order valence-corrected chi connectivity index (χ0v) is 10.9. The summed E-state index contributed by atoms with van der Waals surface area (Å²) < 4.78 is 0. The highest BCUT2D eigenvalue weighted by Gasteiger charge is 2.47. The van der Waals surface area contributed by atoms with E-state index in [1.165, 1.54) is 12.8 Å². The van der Waals surface area contributed by atoms with Crippen LogP contribution in [0.25, 0.3) is 0 Å². The van der Waals surface area contributed by atoms with Crippen LogP contribution >= 0.6 is 0 Å². The van der Waals surface area contributed by atoms with Crippen LogP contribution < -0.4 is 5.32 Å². The molecule has 17 heavy (non-hydrogen) atoms. The largest absolute Gasteiger partial charge is 0.480 e. The Morgan fingerprint density at radius 1 is 1.41 bits per heavy atom. The van der Waals surface area contributed by atoms with Gasteiger partial charge in [-0.2, -0.15) is 0 Å². The Kier molecular flexibility index (Phi) is 3.73. The van der Waals surface area contributed by atoms with Crippen molar-refractivity contribution in [2.24, 2.45) is 0 Å². The van der Waals surface area contributed by atoms with Crippen molar-refractivity contribution >= 4 is 5.97 Å². The molecule has 0 aromatic rings. The van der Waals surface area contributed by atoms with Gasteiger partial charge in [0.25, 0.3) is 0 Å². The molecule has 2 unspecified atom stereocenters. The van der Waals surface area contributed by atoms with Crippen LogP contribution in [0.2, 0.25) is 0 Å². The number of carbonyl (C=O) groups is 1. The van der Waals surface area contributed by atoms with E-state index in [-0.39, 0.29) is 0 Å². The molecule has 2 N–H and O–H groups in total.